The Balaban J connectivity index is 1.86. The Hall–Kier alpha value is -1.97. The van der Waals surface area contributed by atoms with Gasteiger partial charge in [-0.1, -0.05) is 0 Å². The zero-order valence-corrected chi connectivity index (χ0v) is 12.8. The van der Waals surface area contributed by atoms with E-state index >= 15 is 0 Å². The molecule has 1 saturated heterocycles. The van der Waals surface area contributed by atoms with E-state index in [4.69, 9.17) is 13.9 Å². The number of hydrogen-bond donors (Lipinski definition) is 4. The predicted molar refractivity (Wildman–Crippen MR) is 81.5 cm³/mol. The molecular weight excluding hydrogens is 320 g/mol. The minimum absolute atomic E-state index is 0.228. The van der Waals surface area contributed by atoms with E-state index < -0.39 is 42.4 Å². The second-order valence-electron chi connectivity index (χ2n) is 5.91. The molecule has 5 atom stereocenters. The first-order valence-electron chi connectivity index (χ1n) is 7.38. The molecular formula is C16H18O8. The molecule has 0 amide bonds. The molecule has 1 aromatic heterocycles. The second kappa shape index (κ2) is 6.15. The van der Waals surface area contributed by atoms with Crippen molar-refractivity contribution in [3.8, 4) is 5.75 Å². The summed E-state index contributed by atoms with van der Waals surface area (Å²) in [5.41, 5.74) is -2.05. The highest BCUT2D eigenvalue weighted by Crippen LogP contribution is 2.31. The maximum Gasteiger partial charge on any atom is 0.336 e. The van der Waals surface area contributed by atoms with Crippen LogP contribution in [0.1, 0.15) is 6.92 Å². The van der Waals surface area contributed by atoms with Crippen LogP contribution in [0, 0.1) is 0 Å². The number of benzene rings is 1. The average molecular weight is 338 g/mol. The fourth-order valence-electron chi connectivity index (χ4n) is 2.64. The van der Waals surface area contributed by atoms with Gasteiger partial charge >= 0.3 is 5.63 Å². The lowest BCUT2D eigenvalue weighted by Crippen LogP contribution is -2.66. The SMILES string of the molecule is C[C@@]1(O)[C@H](O)[C@@H](O)C(Oc2ccc3ccc(=O)oc3c2)O[C@@H]1CO. The number of hydrogen-bond acceptors (Lipinski definition) is 8. The molecule has 1 fully saturated rings. The number of ether oxygens (including phenoxy) is 2. The summed E-state index contributed by atoms with van der Waals surface area (Å²) in [4.78, 5) is 11.3. The van der Waals surface area contributed by atoms with Crippen LogP contribution in [0.5, 0.6) is 5.75 Å². The van der Waals surface area contributed by atoms with Crippen LogP contribution in [-0.4, -0.2) is 57.2 Å². The molecule has 0 aliphatic carbocycles. The first kappa shape index (κ1) is 16.9. The lowest BCUT2D eigenvalue weighted by molar-refractivity contribution is -0.308. The normalized spacial score (nSPS) is 33.5. The van der Waals surface area contributed by atoms with Crippen LogP contribution in [-0.2, 0) is 4.74 Å². The van der Waals surface area contributed by atoms with Gasteiger partial charge < -0.3 is 34.3 Å². The molecule has 2 heterocycles. The van der Waals surface area contributed by atoms with Gasteiger partial charge in [0, 0.05) is 17.5 Å². The standard InChI is InChI=1S/C16H18O8/c1-16(21)11(7-17)24-15(13(19)14(16)20)22-9-4-2-8-3-5-12(18)23-10(8)6-9/h2-6,11,13-15,17,19-21H,7H2,1H3/t11-,13-,14-,15?,16+/m1/s1. The highest BCUT2D eigenvalue weighted by atomic mass is 16.7. The summed E-state index contributed by atoms with van der Waals surface area (Å²) in [6.07, 6.45) is -5.57. The van der Waals surface area contributed by atoms with Gasteiger partial charge in [-0.2, -0.15) is 0 Å². The Labute approximate surface area is 136 Å². The van der Waals surface area contributed by atoms with Crippen molar-refractivity contribution in [3.63, 3.8) is 0 Å². The summed E-state index contributed by atoms with van der Waals surface area (Å²) in [6, 6.07) is 7.56. The lowest BCUT2D eigenvalue weighted by atomic mass is 9.86. The molecule has 8 nitrogen and oxygen atoms in total. The van der Waals surface area contributed by atoms with Gasteiger partial charge in [0.2, 0.25) is 6.29 Å². The molecule has 2 aromatic rings. The smallest absolute Gasteiger partial charge is 0.336 e. The van der Waals surface area contributed by atoms with Crippen molar-refractivity contribution in [3.05, 3.63) is 40.8 Å². The van der Waals surface area contributed by atoms with E-state index in [1.807, 2.05) is 0 Å². The number of aliphatic hydroxyl groups is 4. The highest BCUT2D eigenvalue weighted by Gasteiger charge is 2.52. The summed E-state index contributed by atoms with van der Waals surface area (Å²) in [6.45, 7) is 0.686. The van der Waals surface area contributed by atoms with Gasteiger partial charge in [0.25, 0.3) is 0 Å². The quantitative estimate of drug-likeness (QED) is 0.544. The van der Waals surface area contributed by atoms with Crippen LogP contribution in [0.3, 0.4) is 0 Å². The summed E-state index contributed by atoms with van der Waals surface area (Å²) in [5.74, 6) is 0.228. The topological polar surface area (TPSA) is 130 Å². The Bertz CT molecular complexity index is 779. The third-order valence-corrected chi connectivity index (χ3v) is 4.16. The fourth-order valence-corrected chi connectivity index (χ4v) is 2.64. The van der Waals surface area contributed by atoms with Gasteiger partial charge in [-0.05, 0) is 25.1 Å². The summed E-state index contributed by atoms with van der Waals surface area (Å²) in [7, 11) is 0. The fraction of sp³-hybridized carbons (Fsp3) is 0.438. The van der Waals surface area contributed by atoms with Gasteiger partial charge in [0.1, 0.15) is 35.2 Å². The third kappa shape index (κ3) is 2.90. The summed E-state index contributed by atoms with van der Waals surface area (Å²) < 4.78 is 15.9. The third-order valence-electron chi connectivity index (χ3n) is 4.16. The Morgan fingerprint density at radius 2 is 1.96 bits per heavy atom. The molecule has 0 saturated carbocycles. The Kier molecular flexibility index (Phi) is 4.33. The van der Waals surface area contributed by atoms with Crippen molar-refractivity contribution in [2.75, 3.05) is 6.61 Å². The molecule has 1 unspecified atom stereocenters. The van der Waals surface area contributed by atoms with E-state index in [9.17, 15) is 25.2 Å². The monoisotopic (exact) mass is 338 g/mol. The van der Waals surface area contributed by atoms with E-state index in [1.165, 1.54) is 19.1 Å². The van der Waals surface area contributed by atoms with Crippen LogP contribution >= 0.6 is 0 Å². The highest BCUT2D eigenvalue weighted by molar-refractivity contribution is 5.77. The first-order chi connectivity index (χ1) is 11.3. The Morgan fingerprint density at radius 3 is 2.67 bits per heavy atom. The molecule has 1 aromatic carbocycles. The van der Waals surface area contributed by atoms with E-state index in [2.05, 4.69) is 0 Å². The van der Waals surface area contributed by atoms with E-state index in [0.29, 0.717) is 5.39 Å². The van der Waals surface area contributed by atoms with E-state index in [0.717, 1.165) is 0 Å². The molecule has 130 valence electrons. The molecule has 24 heavy (non-hydrogen) atoms. The van der Waals surface area contributed by atoms with Gasteiger partial charge in [-0.25, -0.2) is 4.79 Å². The molecule has 4 N–H and O–H groups in total. The van der Waals surface area contributed by atoms with Crippen LogP contribution < -0.4 is 10.4 Å². The molecule has 0 bridgehead atoms. The Morgan fingerprint density at radius 1 is 1.25 bits per heavy atom. The first-order valence-corrected chi connectivity index (χ1v) is 7.38. The van der Waals surface area contributed by atoms with E-state index in [1.54, 1.807) is 18.2 Å². The summed E-state index contributed by atoms with van der Waals surface area (Å²) in [5, 5.41) is 40.2. The molecule has 8 heteroatoms. The molecule has 3 rings (SSSR count). The van der Waals surface area contributed by atoms with Gasteiger partial charge in [-0.3, -0.25) is 0 Å². The van der Waals surface area contributed by atoms with Crippen molar-refractivity contribution in [1.29, 1.82) is 0 Å². The molecule has 1 aliphatic heterocycles. The van der Waals surface area contributed by atoms with Crippen molar-refractivity contribution >= 4 is 11.0 Å². The van der Waals surface area contributed by atoms with Crippen molar-refractivity contribution < 1.29 is 34.3 Å². The van der Waals surface area contributed by atoms with E-state index in [-0.39, 0.29) is 11.3 Å². The zero-order chi connectivity index (χ0) is 17.5. The molecule has 0 radical (unpaired) electrons. The lowest BCUT2D eigenvalue weighted by Gasteiger charge is -2.45. The summed E-state index contributed by atoms with van der Waals surface area (Å²) >= 11 is 0. The number of aliphatic hydroxyl groups excluding tert-OH is 3. The van der Waals surface area contributed by atoms with Crippen LogP contribution in [0.15, 0.2) is 39.5 Å². The van der Waals surface area contributed by atoms with Gasteiger partial charge in [-0.15, -0.1) is 0 Å². The number of fused-ring (bicyclic) bond motifs is 1. The predicted octanol–water partition coefficient (Wildman–Crippen LogP) is -0.638. The van der Waals surface area contributed by atoms with Crippen LogP contribution in [0.25, 0.3) is 11.0 Å². The minimum Gasteiger partial charge on any atom is -0.462 e. The second-order valence-corrected chi connectivity index (χ2v) is 5.91. The molecule has 0 spiro atoms. The van der Waals surface area contributed by atoms with Crippen molar-refractivity contribution in [2.24, 2.45) is 0 Å². The molecule has 1 aliphatic rings. The maximum absolute atomic E-state index is 11.3. The average Bonchev–Trinajstić information content (AvgIpc) is 2.55. The van der Waals surface area contributed by atoms with Crippen molar-refractivity contribution in [1.82, 2.24) is 0 Å². The zero-order valence-electron chi connectivity index (χ0n) is 12.8. The van der Waals surface area contributed by atoms with Crippen LogP contribution in [0.2, 0.25) is 0 Å². The van der Waals surface area contributed by atoms with Crippen LogP contribution in [0.4, 0.5) is 0 Å². The van der Waals surface area contributed by atoms with Gasteiger partial charge in [0.05, 0.1) is 6.61 Å². The minimum atomic E-state index is -1.83. The maximum atomic E-state index is 11.3. The van der Waals surface area contributed by atoms with Gasteiger partial charge in [0.15, 0.2) is 0 Å². The van der Waals surface area contributed by atoms with Crippen molar-refractivity contribution in [2.45, 2.75) is 37.1 Å². The largest absolute Gasteiger partial charge is 0.462 e. The number of rotatable bonds is 3.